The first-order valence-electron chi connectivity index (χ1n) is 11.1. The van der Waals surface area contributed by atoms with Crippen LogP contribution in [0.3, 0.4) is 0 Å². The van der Waals surface area contributed by atoms with E-state index in [9.17, 15) is 13.2 Å². The molecule has 1 heterocycles. The number of nitrogens with one attached hydrogen (secondary N) is 1. The summed E-state index contributed by atoms with van der Waals surface area (Å²) < 4.78 is 39.8. The number of sulfonamides is 1. The molecule has 1 amide bonds. The van der Waals surface area contributed by atoms with E-state index in [0.29, 0.717) is 11.4 Å². The molecular weight excluding hydrogens is 452 g/mol. The van der Waals surface area contributed by atoms with Crippen LogP contribution in [0, 0.1) is 20.8 Å². The zero-order valence-electron chi connectivity index (χ0n) is 19.4. The number of rotatable bonds is 7. The minimum absolute atomic E-state index is 0.128. The molecule has 1 aliphatic rings. The molecule has 4 rings (SSSR count). The predicted octanol–water partition coefficient (Wildman–Crippen LogP) is 3.76. The summed E-state index contributed by atoms with van der Waals surface area (Å²) in [6, 6.07) is 19.4. The molecule has 3 aromatic carbocycles. The highest BCUT2D eigenvalue weighted by molar-refractivity contribution is 7.92. The average molecular weight is 481 g/mol. The van der Waals surface area contributed by atoms with Gasteiger partial charge in [-0.15, -0.1) is 0 Å². The maximum absolute atomic E-state index is 13.4. The lowest BCUT2D eigenvalue weighted by Crippen LogP contribution is -2.51. The molecule has 0 saturated heterocycles. The Bertz CT molecular complexity index is 1290. The highest BCUT2D eigenvalue weighted by atomic mass is 32.2. The average Bonchev–Trinajstić information content (AvgIpc) is 2.82. The van der Waals surface area contributed by atoms with Crippen LogP contribution in [0.1, 0.15) is 16.7 Å². The van der Waals surface area contributed by atoms with Crippen LogP contribution < -0.4 is 19.1 Å². The number of hydrogen-bond donors (Lipinski definition) is 1. The summed E-state index contributed by atoms with van der Waals surface area (Å²) in [5.74, 6) is 0.713. The predicted molar refractivity (Wildman–Crippen MR) is 131 cm³/mol. The summed E-state index contributed by atoms with van der Waals surface area (Å²) in [4.78, 5) is 13.1. The second kappa shape index (κ2) is 9.77. The molecular formula is C26H28N2O5S. The van der Waals surface area contributed by atoms with Crippen molar-refractivity contribution >= 4 is 21.6 Å². The van der Waals surface area contributed by atoms with Gasteiger partial charge in [0.2, 0.25) is 0 Å². The van der Waals surface area contributed by atoms with Gasteiger partial charge >= 0.3 is 0 Å². The standard InChI is InChI=1S/C26H28N2O5S/c1-18-9-11-23(20(3)15-18)32-14-13-27-26(29)25-17-28(22-16-19(2)10-12-24(22)33-25)34(30,31)21-7-5-4-6-8-21/h4-12,15-16,25H,13-14,17H2,1-3H3,(H,27,29)/t25-/m0/s1. The number of ether oxygens (including phenoxy) is 2. The van der Waals surface area contributed by atoms with Crippen LogP contribution >= 0.6 is 0 Å². The van der Waals surface area contributed by atoms with E-state index in [1.165, 1.54) is 4.31 Å². The summed E-state index contributed by atoms with van der Waals surface area (Å²) >= 11 is 0. The number of amides is 1. The minimum Gasteiger partial charge on any atom is -0.491 e. The van der Waals surface area contributed by atoms with Crippen LogP contribution in [0.5, 0.6) is 11.5 Å². The molecule has 0 bridgehead atoms. The van der Waals surface area contributed by atoms with E-state index >= 15 is 0 Å². The van der Waals surface area contributed by atoms with Gasteiger partial charge in [-0.3, -0.25) is 9.10 Å². The van der Waals surface area contributed by atoms with Crippen LogP contribution in [0.4, 0.5) is 5.69 Å². The second-order valence-corrected chi connectivity index (χ2v) is 10.2. The van der Waals surface area contributed by atoms with Crippen molar-refractivity contribution in [1.29, 1.82) is 0 Å². The lowest BCUT2D eigenvalue weighted by molar-refractivity contribution is -0.127. The third kappa shape index (κ3) is 5.02. The summed E-state index contributed by atoms with van der Waals surface area (Å²) in [7, 11) is -3.88. The van der Waals surface area contributed by atoms with Gasteiger partial charge in [0.05, 0.1) is 23.7 Å². The fraction of sp³-hybridized carbons (Fsp3) is 0.269. The molecule has 0 saturated carbocycles. The topological polar surface area (TPSA) is 84.9 Å². The Labute approximate surface area is 200 Å². The number of carbonyl (C=O) groups excluding carboxylic acids is 1. The Morgan fingerprint density at radius 2 is 1.74 bits per heavy atom. The third-order valence-corrected chi connectivity index (χ3v) is 7.39. The highest BCUT2D eigenvalue weighted by Gasteiger charge is 2.37. The van der Waals surface area contributed by atoms with Crippen molar-refractivity contribution in [2.24, 2.45) is 0 Å². The third-order valence-electron chi connectivity index (χ3n) is 5.60. The highest BCUT2D eigenvalue weighted by Crippen LogP contribution is 2.37. The number of aryl methyl sites for hydroxylation is 3. The quantitative estimate of drug-likeness (QED) is 0.521. The largest absolute Gasteiger partial charge is 0.491 e. The molecule has 0 radical (unpaired) electrons. The number of hydrogen-bond acceptors (Lipinski definition) is 5. The first kappa shape index (κ1) is 23.6. The Morgan fingerprint density at radius 3 is 2.47 bits per heavy atom. The molecule has 1 N–H and O–H groups in total. The van der Waals surface area contributed by atoms with Crippen LogP contribution in [-0.2, 0) is 14.8 Å². The molecule has 178 valence electrons. The Hall–Kier alpha value is -3.52. The fourth-order valence-electron chi connectivity index (χ4n) is 3.86. The van der Waals surface area contributed by atoms with Crippen molar-refractivity contribution in [3.63, 3.8) is 0 Å². The van der Waals surface area contributed by atoms with E-state index in [-0.39, 0.29) is 24.6 Å². The van der Waals surface area contributed by atoms with E-state index in [1.54, 1.807) is 42.5 Å². The lowest BCUT2D eigenvalue weighted by Gasteiger charge is -2.35. The molecule has 1 atom stereocenters. The Kier molecular flexibility index (Phi) is 6.79. The van der Waals surface area contributed by atoms with Crippen molar-refractivity contribution in [3.8, 4) is 11.5 Å². The van der Waals surface area contributed by atoms with Gasteiger partial charge in [-0.25, -0.2) is 8.42 Å². The summed E-state index contributed by atoms with van der Waals surface area (Å²) in [5, 5.41) is 2.80. The van der Waals surface area contributed by atoms with E-state index in [2.05, 4.69) is 5.32 Å². The van der Waals surface area contributed by atoms with Gasteiger partial charge < -0.3 is 14.8 Å². The van der Waals surface area contributed by atoms with Crippen molar-refractivity contribution in [2.45, 2.75) is 31.8 Å². The maximum atomic E-state index is 13.4. The molecule has 1 aliphatic heterocycles. The summed E-state index contributed by atoms with van der Waals surface area (Å²) in [6.45, 7) is 6.28. The molecule has 7 nitrogen and oxygen atoms in total. The fourth-order valence-corrected chi connectivity index (χ4v) is 5.34. The smallest absolute Gasteiger partial charge is 0.264 e. The maximum Gasteiger partial charge on any atom is 0.264 e. The zero-order chi connectivity index (χ0) is 24.3. The molecule has 34 heavy (non-hydrogen) atoms. The number of anilines is 1. The van der Waals surface area contributed by atoms with Crippen LogP contribution in [0.15, 0.2) is 71.6 Å². The summed E-state index contributed by atoms with van der Waals surface area (Å²) in [5.41, 5.74) is 3.49. The van der Waals surface area contributed by atoms with Crippen LogP contribution in [0.25, 0.3) is 0 Å². The van der Waals surface area contributed by atoms with Crippen LogP contribution in [0.2, 0.25) is 0 Å². The Morgan fingerprint density at radius 1 is 1.03 bits per heavy atom. The minimum atomic E-state index is -3.88. The molecule has 0 aliphatic carbocycles. The van der Waals surface area contributed by atoms with E-state index in [0.717, 1.165) is 22.4 Å². The monoisotopic (exact) mass is 480 g/mol. The second-order valence-electron chi connectivity index (χ2n) is 8.34. The molecule has 0 fully saturated rings. The van der Waals surface area contributed by atoms with Gasteiger partial charge in [-0.05, 0) is 62.2 Å². The van der Waals surface area contributed by atoms with Crippen molar-refractivity contribution in [1.82, 2.24) is 5.32 Å². The molecule has 0 aromatic heterocycles. The van der Waals surface area contributed by atoms with E-state index in [4.69, 9.17) is 9.47 Å². The summed E-state index contributed by atoms with van der Waals surface area (Å²) in [6.07, 6.45) is -0.991. The normalized spacial score (nSPS) is 15.3. The van der Waals surface area contributed by atoms with Gasteiger partial charge in [-0.1, -0.05) is 42.0 Å². The molecule has 8 heteroatoms. The number of fused-ring (bicyclic) bond motifs is 1. The van der Waals surface area contributed by atoms with Crippen molar-refractivity contribution in [2.75, 3.05) is 24.0 Å². The van der Waals surface area contributed by atoms with Crippen LogP contribution in [-0.4, -0.2) is 40.1 Å². The SMILES string of the molecule is Cc1ccc(OCCNC(=O)[C@@H]2CN(S(=O)(=O)c3ccccc3)c3cc(C)ccc3O2)c(C)c1. The van der Waals surface area contributed by atoms with Crippen molar-refractivity contribution in [3.05, 3.63) is 83.4 Å². The van der Waals surface area contributed by atoms with Gasteiger partial charge in [-0.2, -0.15) is 0 Å². The van der Waals surface area contributed by atoms with Gasteiger partial charge in [0.1, 0.15) is 18.1 Å². The van der Waals surface area contributed by atoms with Gasteiger partial charge in [0, 0.05) is 0 Å². The first-order chi connectivity index (χ1) is 16.3. The van der Waals surface area contributed by atoms with Gasteiger partial charge in [0.25, 0.3) is 15.9 Å². The van der Waals surface area contributed by atoms with E-state index in [1.807, 2.05) is 45.0 Å². The number of benzene rings is 3. The lowest BCUT2D eigenvalue weighted by atomic mass is 10.1. The first-order valence-corrected chi connectivity index (χ1v) is 12.5. The molecule has 0 spiro atoms. The van der Waals surface area contributed by atoms with Crippen molar-refractivity contribution < 1.29 is 22.7 Å². The van der Waals surface area contributed by atoms with Gasteiger partial charge in [0.15, 0.2) is 6.10 Å². The molecule has 0 unspecified atom stereocenters. The molecule has 3 aromatic rings. The Balaban J connectivity index is 1.47. The number of carbonyl (C=O) groups is 1. The number of nitrogens with zero attached hydrogens (tertiary/aromatic N) is 1. The zero-order valence-corrected chi connectivity index (χ0v) is 20.3. The van der Waals surface area contributed by atoms with E-state index < -0.39 is 22.0 Å².